The molecule has 6 heteroatoms. The monoisotopic (exact) mass is 427 g/mol. The van der Waals surface area contributed by atoms with Gasteiger partial charge in [0.15, 0.2) is 8.32 Å². The number of hydrogen-bond acceptors (Lipinski definition) is 4. The average Bonchev–Trinajstić information content (AvgIpc) is 2.82. The van der Waals surface area contributed by atoms with Gasteiger partial charge in [-0.3, -0.25) is 4.90 Å². The highest BCUT2D eigenvalue weighted by Crippen LogP contribution is 2.41. The third-order valence-electron chi connectivity index (χ3n) is 6.03. The van der Waals surface area contributed by atoms with Gasteiger partial charge in [-0.05, 0) is 72.0 Å². The molecule has 1 fully saturated rings. The first kappa shape index (κ1) is 26.2. The molecule has 0 aromatic rings. The van der Waals surface area contributed by atoms with Crippen LogP contribution in [-0.4, -0.2) is 49.4 Å². The summed E-state index contributed by atoms with van der Waals surface area (Å²) in [5, 5.41) is 0.0806. The number of hydrogen-bond donors (Lipinski definition) is 0. The smallest absolute Gasteiger partial charge is 0.412 e. The minimum Gasteiger partial charge on any atom is -0.444 e. The third-order valence-corrected chi connectivity index (χ3v) is 10.5. The van der Waals surface area contributed by atoms with Gasteiger partial charge in [0.25, 0.3) is 0 Å². The zero-order valence-corrected chi connectivity index (χ0v) is 21.9. The number of rotatable bonds is 6. The SMILES string of the molecule is C/C=C/C[C@@H](C)[C@H](O[Si](C)(C)C(C)(C)C)[C@H]1COC(C)(C)N1C(=O)OC(C)(C)C. The Kier molecular flexibility index (Phi) is 8.22. The first-order chi connectivity index (χ1) is 12.9. The highest BCUT2D eigenvalue weighted by atomic mass is 28.4. The first-order valence-electron chi connectivity index (χ1n) is 10.9. The van der Waals surface area contributed by atoms with E-state index in [1.54, 1.807) is 4.90 Å². The molecule has 0 radical (unpaired) electrons. The van der Waals surface area contributed by atoms with Crippen molar-refractivity contribution >= 4 is 14.4 Å². The Hall–Kier alpha value is -0.853. The van der Waals surface area contributed by atoms with Crippen molar-refractivity contribution in [2.75, 3.05) is 6.61 Å². The molecule has 0 N–H and O–H groups in total. The highest BCUT2D eigenvalue weighted by Gasteiger charge is 2.52. The number of amides is 1. The quantitative estimate of drug-likeness (QED) is 0.366. The lowest BCUT2D eigenvalue weighted by Crippen LogP contribution is -2.58. The van der Waals surface area contributed by atoms with Crippen molar-refractivity contribution in [3.8, 4) is 0 Å². The molecule has 0 spiro atoms. The van der Waals surface area contributed by atoms with Crippen LogP contribution in [0.25, 0.3) is 0 Å². The first-order valence-corrected chi connectivity index (χ1v) is 13.8. The summed E-state index contributed by atoms with van der Waals surface area (Å²) >= 11 is 0. The van der Waals surface area contributed by atoms with Crippen LogP contribution in [0.5, 0.6) is 0 Å². The lowest BCUT2D eigenvalue weighted by atomic mass is 9.94. The number of carbonyl (C=O) groups is 1. The second kappa shape index (κ2) is 9.11. The zero-order chi connectivity index (χ0) is 22.8. The summed E-state index contributed by atoms with van der Waals surface area (Å²) in [5.41, 5.74) is -1.30. The Balaban J connectivity index is 3.31. The number of nitrogens with zero attached hydrogens (tertiary/aromatic N) is 1. The van der Waals surface area contributed by atoms with Crippen LogP contribution in [0.3, 0.4) is 0 Å². The van der Waals surface area contributed by atoms with E-state index in [1.165, 1.54) is 0 Å². The van der Waals surface area contributed by atoms with E-state index in [9.17, 15) is 4.79 Å². The van der Waals surface area contributed by atoms with Crippen LogP contribution in [0.2, 0.25) is 18.1 Å². The van der Waals surface area contributed by atoms with Gasteiger partial charge in [-0.15, -0.1) is 0 Å². The molecule has 170 valence electrons. The molecule has 0 saturated carbocycles. The largest absolute Gasteiger partial charge is 0.444 e. The molecule has 29 heavy (non-hydrogen) atoms. The summed E-state index contributed by atoms with van der Waals surface area (Å²) in [4.78, 5) is 14.9. The minimum atomic E-state index is -2.05. The van der Waals surface area contributed by atoms with Crippen LogP contribution in [-0.2, 0) is 13.9 Å². The molecule has 0 unspecified atom stereocenters. The molecule has 1 aliphatic rings. The van der Waals surface area contributed by atoms with E-state index in [2.05, 4.69) is 52.9 Å². The van der Waals surface area contributed by atoms with Crippen LogP contribution < -0.4 is 0 Å². The van der Waals surface area contributed by atoms with Crippen LogP contribution in [0.4, 0.5) is 4.79 Å². The van der Waals surface area contributed by atoms with Crippen LogP contribution in [0, 0.1) is 5.92 Å². The van der Waals surface area contributed by atoms with Crippen LogP contribution in [0.1, 0.15) is 75.7 Å². The van der Waals surface area contributed by atoms with Crippen molar-refractivity contribution in [1.29, 1.82) is 0 Å². The molecule has 1 rings (SSSR count). The molecule has 0 aliphatic carbocycles. The molecule has 0 aromatic carbocycles. The van der Waals surface area contributed by atoms with Crippen LogP contribution in [0.15, 0.2) is 12.2 Å². The molecule has 3 atom stereocenters. The van der Waals surface area contributed by atoms with Crippen molar-refractivity contribution in [3.05, 3.63) is 12.2 Å². The normalized spacial score (nSPS) is 22.8. The fraction of sp³-hybridized carbons (Fsp3) is 0.870. The van der Waals surface area contributed by atoms with Gasteiger partial charge < -0.3 is 13.9 Å². The third kappa shape index (κ3) is 6.83. The summed E-state index contributed by atoms with van der Waals surface area (Å²) in [7, 11) is -2.05. The van der Waals surface area contributed by atoms with Gasteiger partial charge >= 0.3 is 6.09 Å². The highest BCUT2D eigenvalue weighted by molar-refractivity contribution is 6.74. The molecular formula is C23H45NO4Si. The maximum absolute atomic E-state index is 13.2. The van der Waals surface area contributed by atoms with Gasteiger partial charge in [-0.25, -0.2) is 4.79 Å². The molecule has 1 heterocycles. The van der Waals surface area contributed by atoms with Gasteiger partial charge in [0.1, 0.15) is 11.3 Å². The predicted molar refractivity (Wildman–Crippen MR) is 123 cm³/mol. The maximum atomic E-state index is 13.2. The van der Waals surface area contributed by atoms with E-state index in [1.807, 2.05) is 41.5 Å². The van der Waals surface area contributed by atoms with E-state index >= 15 is 0 Å². The van der Waals surface area contributed by atoms with E-state index in [0.717, 1.165) is 6.42 Å². The van der Waals surface area contributed by atoms with Crippen LogP contribution >= 0.6 is 0 Å². The van der Waals surface area contributed by atoms with E-state index < -0.39 is 19.6 Å². The van der Waals surface area contributed by atoms with Gasteiger partial charge in [-0.2, -0.15) is 0 Å². The molecule has 1 amide bonds. The maximum Gasteiger partial charge on any atom is 0.412 e. The van der Waals surface area contributed by atoms with Gasteiger partial charge in [0.2, 0.25) is 0 Å². The second-order valence-corrected chi connectivity index (χ2v) is 16.1. The molecule has 0 aromatic heterocycles. The second-order valence-electron chi connectivity index (χ2n) is 11.3. The Morgan fingerprint density at radius 2 is 1.79 bits per heavy atom. The van der Waals surface area contributed by atoms with Crippen molar-refractivity contribution in [1.82, 2.24) is 4.90 Å². The van der Waals surface area contributed by atoms with E-state index in [-0.39, 0.29) is 29.2 Å². The Morgan fingerprint density at radius 1 is 1.24 bits per heavy atom. The number of allylic oxidation sites excluding steroid dienone is 2. The number of carbonyl (C=O) groups excluding carboxylic acids is 1. The molecule has 1 aliphatic heterocycles. The standard InChI is InChI=1S/C23H45NO4Si/c1-13-14-15-17(2)19(28-29(11,12)22(6,7)8)18-16-26-23(9,10)24(18)20(25)27-21(3,4)5/h13-14,17-19H,15-16H2,1-12H3/b14-13+/t17-,18-,19+/m1/s1. The molecule has 0 bridgehead atoms. The van der Waals surface area contributed by atoms with Gasteiger partial charge in [0, 0.05) is 0 Å². The Morgan fingerprint density at radius 3 is 2.24 bits per heavy atom. The van der Waals surface area contributed by atoms with Gasteiger partial charge in [-0.1, -0.05) is 39.8 Å². The topological polar surface area (TPSA) is 48.0 Å². The van der Waals surface area contributed by atoms with Crippen molar-refractivity contribution < 1.29 is 18.7 Å². The Bertz CT molecular complexity index is 587. The minimum absolute atomic E-state index is 0.0806. The fourth-order valence-corrected chi connectivity index (χ4v) is 4.74. The summed E-state index contributed by atoms with van der Waals surface area (Å²) in [5.74, 6) is 0.243. The zero-order valence-electron chi connectivity index (χ0n) is 20.9. The van der Waals surface area contributed by atoms with Crippen molar-refractivity contribution in [3.63, 3.8) is 0 Å². The van der Waals surface area contributed by atoms with Crippen molar-refractivity contribution in [2.45, 2.75) is 117 Å². The lowest BCUT2D eigenvalue weighted by Gasteiger charge is -2.45. The summed E-state index contributed by atoms with van der Waals surface area (Å²) < 4.78 is 18.7. The van der Waals surface area contributed by atoms with E-state index in [4.69, 9.17) is 13.9 Å². The molecule has 5 nitrogen and oxygen atoms in total. The van der Waals surface area contributed by atoms with E-state index in [0.29, 0.717) is 6.61 Å². The summed E-state index contributed by atoms with van der Waals surface area (Å²) in [6.45, 7) is 25.5. The lowest BCUT2D eigenvalue weighted by molar-refractivity contribution is -0.0692. The summed E-state index contributed by atoms with van der Waals surface area (Å²) in [6.07, 6.45) is 4.68. The summed E-state index contributed by atoms with van der Waals surface area (Å²) in [6, 6.07) is -0.186. The Labute approximate surface area is 180 Å². The average molecular weight is 428 g/mol. The number of ether oxygens (including phenoxy) is 2. The van der Waals surface area contributed by atoms with Crippen molar-refractivity contribution in [2.24, 2.45) is 5.92 Å². The molecule has 1 saturated heterocycles. The fourth-order valence-electron chi connectivity index (χ4n) is 3.32. The molecular weight excluding hydrogens is 382 g/mol. The van der Waals surface area contributed by atoms with Gasteiger partial charge in [0.05, 0.1) is 18.8 Å². The predicted octanol–water partition coefficient (Wildman–Crippen LogP) is 6.35.